The molecule has 0 spiro atoms. The van der Waals surface area contributed by atoms with Crippen molar-refractivity contribution >= 4 is 0 Å². The van der Waals surface area contributed by atoms with Crippen LogP contribution in [-0.2, 0) is 0 Å². The van der Waals surface area contributed by atoms with E-state index in [2.05, 4.69) is 84.6 Å². The summed E-state index contributed by atoms with van der Waals surface area (Å²) in [6.45, 7) is 0. The Morgan fingerprint density at radius 3 is 0.250 bits per heavy atom. The molecule has 0 aromatic carbocycles. The largest absolute Gasteiger partial charge is 1.00 e. The molecule has 4 nitrogen and oxygen atoms in total. The maximum atomic E-state index is 2.08. The highest BCUT2D eigenvalue weighted by Gasteiger charge is 1.62. The highest BCUT2D eigenvalue weighted by molar-refractivity contribution is 3.60. The zero-order valence-electron chi connectivity index (χ0n) is 15.5. The van der Waals surface area contributed by atoms with E-state index in [-0.39, 0.29) is 67.9 Å². The molecule has 0 radical (unpaired) electrons. The summed E-state index contributed by atoms with van der Waals surface area (Å²) in [4.78, 5) is 5.67. The third-order valence-electron chi connectivity index (χ3n) is 0. The molecule has 0 bridgehead atoms. The van der Waals surface area contributed by atoms with Gasteiger partial charge in [-0.15, -0.1) is 0 Å². The first-order valence-corrected chi connectivity index (χ1v) is 6.00. The monoisotopic (exact) mass is 556 g/mol. The number of rotatable bonds is 0. The minimum atomic E-state index is 0. The topological polar surface area (TPSA) is 17.8 Å². The van der Waals surface area contributed by atoms with Gasteiger partial charge in [0.1, 0.15) is 0 Å². The highest BCUT2D eigenvalue weighted by atomic mass is 79.9. The van der Waals surface area contributed by atoms with E-state index in [0.717, 1.165) is 0 Å². The van der Waals surface area contributed by atoms with Gasteiger partial charge >= 0.3 is 0 Å². The van der Waals surface area contributed by atoms with Crippen LogP contribution in [0.1, 0.15) is 0 Å². The van der Waals surface area contributed by atoms with Crippen LogP contribution >= 0.6 is 0 Å². The van der Waals surface area contributed by atoms with Crippen molar-refractivity contribution in [3.8, 4) is 0 Å². The fourth-order valence-corrected chi connectivity index (χ4v) is 0. The molecular weight excluding hydrogens is 520 g/mol. The maximum Gasteiger partial charge on any atom is 0.0661 e. The number of quaternary nitrogens is 4. The number of nitrogens with one attached hydrogen (secondary N) is 4. The molecule has 0 heterocycles. The minimum absolute atomic E-state index is 0. The molecule has 0 aliphatic rings. The van der Waals surface area contributed by atoms with Crippen LogP contribution in [0.25, 0.3) is 0 Å². The van der Waals surface area contributed by atoms with Crippen LogP contribution in [0.2, 0.25) is 0 Å². The smallest absolute Gasteiger partial charge is 0.0661 e. The molecule has 8 heteroatoms. The third kappa shape index (κ3) is 2250. The van der Waals surface area contributed by atoms with Gasteiger partial charge in [-0.1, -0.05) is 0 Å². The molecule has 20 heavy (non-hydrogen) atoms. The van der Waals surface area contributed by atoms with Crippen LogP contribution in [0.15, 0.2) is 0 Å². The fourth-order valence-electron chi connectivity index (χ4n) is 0. The Kier molecular flexibility index (Phi) is 106. The Bertz CT molecular complexity index is 70.4. The van der Waals surface area contributed by atoms with Gasteiger partial charge in [0.25, 0.3) is 0 Å². The molecule has 0 saturated carbocycles. The SMILES string of the molecule is C[NH+](C)C.C[NH+](C)C.C[NH+](C)C.C[NH+](C)C.[Br-].[Br-].[Br-].[Br-]. The van der Waals surface area contributed by atoms with Gasteiger partial charge in [0.05, 0.1) is 84.6 Å². The zero-order chi connectivity index (χ0) is 14.3. The molecule has 0 unspecified atom stereocenters. The lowest BCUT2D eigenvalue weighted by Gasteiger charge is -1.88. The predicted molar refractivity (Wildman–Crippen MR) is 74.9 cm³/mol. The lowest BCUT2D eigenvalue weighted by Crippen LogP contribution is -3.02. The summed E-state index contributed by atoms with van der Waals surface area (Å²) in [6.07, 6.45) is 0. The van der Waals surface area contributed by atoms with Crippen LogP contribution in [0.3, 0.4) is 0 Å². The van der Waals surface area contributed by atoms with E-state index in [4.69, 9.17) is 0 Å². The third-order valence-corrected chi connectivity index (χ3v) is 0. The molecule has 0 aliphatic carbocycles. The average molecular weight is 560 g/mol. The van der Waals surface area contributed by atoms with E-state index < -0.39 is 0 Å². The molecule has 0 saturated heterocycles. The average Bonchev–Trinajstić information content (AvgIpc) is 1.76. The van der Waals surface area contributed by atoms with Crippen molar-refractivity contribution in [2.75, 3.05) is 84.6 Å². The van der Waals surface area contributed by atoms with E-state index in [0.29, 0.717) is 0 Å². The Hall–Kier alpha value is 1.76. The summed E-state index contributed by atoms with van der Waals surface area (Å²) < 4.78 is 0. The molecule has 0 aliphatic heterocycles. The van der Waals surface area contributed by atoms with Gasteiger partial charge in [-0.3, -0.25) is 0 Å². The first kappa shape index (κ1) is 49.5. The summed E-state index contributed by atoms with van der Waals surface area (Å²) in [6, 6.07) is 0. The van der Waals surface area contributed by atoms with Crippen molar-refractivity contribution in [2.24, 2.45) is 0 Å². The molecule has 0 amide bonds. The van der Waals surface area contributed by atoms with E-state index in [1.54, 1.807) is 0 Å². The van der Waals surface area contributed by atoms with E-state index >= 15 is 0 Å². The first-order chi connectivity index (χ1) is 6.93. The quantitative estimate of drug-likeness (QED) is 0.226. The van der Waals surface area contributed by atoms with Crippen molar-refractivity contribution in [3.63, 3.8) is 0 Å². The molecule has 136 valence electrons. The summed E-state index contributed by atoms with van der Waals surface area (Å²) in [5.41, 5.74) is 0. The molecule has 0 fully saturated rings. The predicted octanol–water partition coefficient (Wildman–Crippen LogP) is -16.9. The second-order valence-corrected chi connectivity index (χ2v) is 6.00. The van der Waals surface area contributed by atoms with Crippen molar-refractivity contribution in [1.29, 1.82) is 0 Å². The van der Waals surface area contributed by atoms with Gasteiger partial charge in [-0.25, -0.2) is 0 Å². The minimum Gasteiger partial charge on any atom is -1.00 e. The van der Waals surface area contributed by atoms with Crippen LogP contribution in [0.5, 0.6) is 0 Å². The van der Waals surface area contributed by atoms with Gasteiger partial charge in [-0.05, 0) is 0 Å². The van der Waals surface area contributed by atoms with Crippen LogP contribution in [0.4, 0.5) is 0 Å². The van der Waals surface area contributed by atoms with Crippen molar-refractivity contribution in [3.05, 3.63) is 0 Å². The summed E-state index contributed by atoms with van der Waals surface area (Å²) >= 11 is 0. The first-order valence-electron chi connectivity index (χ1n) is 6.00. The van der Waals surface area contributed by atoms with Gasteiger partial charge in [0.15, 0.2) is 0 Å². The number of hydrogen-bond donors (Lipinski definition) is 4. The van der Waals surface area contributed by atoms with Crippen LogP contribution in [0, 0.1) is 0 Å². The Morgan fingerprint density at radius 1 is 0.250 bits per heavy atom. The van der Waals surface area contributed by atoms with Gasteiger partial charge < -0.3 is 87.5 Å². The van der Waals surface area contributed by atoms with Crippen LogP contribution in [-0.4, -0.2) is 84.6 Å². The Labute approximate surface area is 171 Å². The molecule has 0 atom stereocenters. The zero-order valence-corrected chi connectivity index (χ0v) is 21.9. The van der Waals surface area contributed by atoms with Crippen molar-refractivity contribution in [1.82, 2.24) is 0 Å². The Morgan fingerprint density at radius 2 is 0.250 bits per heavy atom. The van der Waals surface area contributed by atoms with Gasteiger partial charge in [-0.2, -0.15) is 0 Å². The second kappa shape index (κ2) is 42.8. The van der Waals surface area contributed by atoms with E-state index in [1.807, 2.05) is 0 Å². The van der Waals surface area contributed by atoms with Gasteiger partial charge in [0, 0.05) is 0 Å². The van der Waals surface area contributed by atoms with Crippen LogP contribution < -0.4 is 87.5 Å². The lowest BCUT2D eigenvalue weighted by molar-refractivity contribution is -0.836. The summed E-state index contributed by atoms with van der Waals surface area (Å²) in [7, 11) is 25.0. The Balaban J connectivity index is -0.0000000150. The lowest BCUT2D eigenvalue weighted by atomic mass is 11.0. The molecule has 0 aromatic heterocycles. The van der Waals surface area contributed by atoms with E-state index in [9.17, 15) is 0 Å². The normalized spacial score (nSPS) is 7.20. The summed E-state index contributed by atoms with van der Waals surface area (Å²) in [5, 5.41) is 0. The summed E-state index contributed by atoms with van der Waals surface area (Å²) in [5.74, 6) is 0. The molecular formula is C12H40Br4N4. The molecule has 0 aromatic rings. The fraction of sp³-hybridized carbons (Fsp3) is 1.00. The molecule has 4 N–H and O–H groups in total. The van der Waals surface area contributed by atoms with Crippen molar-refractivity contribution in [2.45, 2.75) is 0 Å². The highest BCUT2D eigenvalue weighted by Crippen LogP contribution is 0.876. The second-order valence-electron chi connectivity index (χ2n) is 6.00. The van der Waals surface area contributed by atoms with Gasteiger partial charge in [0.2, 0.25) is 0 Å². The molecule has 0 rings (SSSR count). The number of halogens is 4. The number of hydrogen-bond acceptors (Lipinski definition) is 0. The van der Waals surface area contributed by atoms with E-state index in [1.165, 1.54) is 19.6 Å². The standard InChI is InChI=1S/4C3H9N.4BrH/c4*1-4(2)3;;;;/h4*1-3H3;4*1H. The van der Waals surface area contributed by atoms with Crippen molar-refractivity contribution < 1.29 is 87.5 Å². The maximum absolute atomic E-state index is 2.08.